The molecule has 0 saturated carbocycles. The van der Waals surface area contributed by atoms with Crippen molar-refractivity contribution in [3.05, 3.63) is 58.8 Å². The molecule has 2 aromatic rings. The molecule has 3 nitrogen and oxygen atoms in total. The molecule has 0 bridgehead atoms. The molecule has 1 heterocycles. The van der Waals surface area contributed by atoms with E-state index < -0.39 is 17.5 Å². The molecule has 1 atom stereocenters. The number of furan rings is 1. The van der Waals surface area contributed by atoms with Crippen LogP contribution in [-0.2, 0) is 0 Å². The number of nitriles is 1. The number of rotatable bonds is 3. The van der Waals surface area contributed by atoms with Crippen molar-refractivity contribution in [2.75, 3.05) is 0 Å². The van der Waals surface area contributed by atoms with E-state index in [1.807, 2.05) is 0 Å². The molecule has 1 aromatic carbocycles. The van der Waals surface area contributed by atoms with Crippen LogP contribution in [0, 0.1) is 17.1 Å². The maximum absolute atomic E-state index is 13.8. The van der Waals surface area contributed by atoms with Gasteiger partial charge in [0, 0.05) is 5.56 Å². The Balaban J connectivity index is 2.44. The Morgan fingerprint density at radius 1 is 1.44 bits per heavy atom. The molecule has 0 fully saturated rings. The van der Waals surface area contributed by atoms with E-state index in [1.165, 1.54) is 36.8 Å². The van der Waals surface area contributed by atoms with Gasteiger partial charge in [-0.3, -0.25) is 4.79 Å². The second-order valence-electron chi connectivity index (χ2n) is 3.58. The third kappa shape index (κ3) is 2.13. The predicted molar refractivity (Wildman–Crippen MR) is 62.8 cm³/mol. The smallest absolute Gasteiger partial charge is 0.187 e. The fourth-order valence-corrected chi connectivity index (χ4v) is 1.77. The van der Waals surface area contributed by atoms with E-state index >= 15 is 0 Å². The summed E-state index contributed by atoms with van der Waals surface area (Å²) >= 11 is 5.63. The van der Waals surface area contributed by atoms with Crippen LogP contribution < -0.4 is 0 Å². The van der Waals surface area contributed by atoms with Gasteiger partial charge in [-0.1, -0.05) is 23.7 Å². The van der Waals surface area contributed by atoms with Crippen molar-refractivity contribution in [1.82, 2.24) is 0 Å². The molecule has 0 N–H and O–H groups in total. The first kappa shape index (κ1) is 12.3. The van der Waals surface area contributed by atoms with E-state index in [9.17, 15) is 9.18 Å². The van der Waals surface area contributed by atoms with Gasteiger partial charge in [0.25, 0.3) is 0 Å². The highest BCUT2D eigenvalue weighted by atomic mass is 35.5. The van der Waals surface area contributed by atoms with Gasteiger partial charge in [-0.15, -0.1) is 0 Å². The van der Waals surface area contributed by atoms with Gasteiger partial charge in [0.05, 0.1) is 22.9 Å². The maximum Gasteiger partial charge on any atom is 0.187 e. The summed E-state index contributed by atoms with van der Waals surface area (Å²) in [4.78, 5) is 12.0. The van der Waals surface area contributed by atoms with Crippen molar-refractivity contribution in [2.24, 2.45) is 0 Å². The number of hydrogen-bond acceptors (Lipinski definition) is 3. The summed E-state index contributed by atoms with van der Waals surface area (Å²) in [6.45, 7) is 0. The number of Topliss-reactive ketones (excluding diaryl/α,β-unsaturated/α-hetero) is 1. The summed E-state index contributed by atoms with van der Waals surface area (Å²) < 4.78 is 18.6. The number of hydrogen-bond donors (Lipinski definition) is 0. The van der Waals surface area contributed by atoms with Crippen LogP contribution in [0.2, 0.25) is 5.02 Å². The van der Waals surface area contributed by atoms with Crippen LogP contribution in [-0.4, -0.2) is 5.78 Å². The second-order valence-corrected chi connectivity index (χ2v) is 3.99. The zero-order chi connectivity index (χ0) is 13.1. The highest BCUT2D eigenvalue weighted by Crippen LogP contribution is 2.27. The first-order valence-electron chi connectivity index (χ1n) is 5.05. The monoisotopic (exact) mass is 263 g/mol. The standard InChI is InChI=1S/C13H7ClFNO2/c14-11-3-1-2-9(12(11)15)10(6-16)13(17)8-4-5-18-7-8/h1-5,7,10H. The van der Waals surface area contributed by atoms with Gasteiger partial charge in [0.15, 0.2) is 5.78 Å². The molecule has 0 aliphatic heterocycles. The quantitative estimate of drug-likeness (QED) is 0.796. The Labute approximate surface area is 107 Å². The highest BCUT2D eigenvalue weighted by Gasteiger charge is 2.26. The predicted octanol–water partition coefficient (Wildman–Crippen LogP) is 3.56. The summed E-state index contributed by atoms with van der Waals surface area (Å²) in [5, 5.41) is 8.94. The summed E-state index contributed by atoms with van der Waals surface area (Å²) in [5.74, 6) is -2.50. The van der Waals surface area contributed by atoms with Crippen LogP contribution >= 0.6 is 11.6 Å². The lowest BCUT2D eigenvalue weighted by atomic mass is 9.92. The van der Waals surface area contributed by atoms with Gasteiger partial charge >= 0.3 is 0 Å². The number of carbonyl (C=O) groups excluding carboxylic acids is 1. The number of halogens is 2. The Bertz CT molecular complexity index is 616. The minimum absolute atomic E-state index is 0.0313. The lowest BCUT2D eigenvalue weighted by Crippen LogP contribution is -2.12. The molecule has 2 rings (SSSR count). The molecule has 1 unspecified atom stereocenters. The lowest BCUT2D eigenvalue weighted by Gasteiger charge is -2.09. The fourth-order valence-electron chi connectivity index (χ4n) is 1.58. The van der Waals surface area contributed by atoms with Crippen LogP contribution in [0.5, 0.6) is 0 Å². The fraction of sp³-hybridized carbons (Fsp3) is 0.0769. The Hall–Kier alpha value is -2.12. The minimum Gasteiger partial charge on any atom is -0.472 e. The van der Waals surface area contributed by atoms with E-state index in [2.05, 4.69) is 0 Å². The summed E-state index contributed by atoms with van der Waals surface area (Å²) in [6.07, 6.45) is 2.53. The number of benzene rings is 1. The van der Waals surface area contributed by atoms with Gasteiger partial charge in [-0.25, -0.2) is 4.39 Å². The SMILES string of the molecule is N#CC(C(=O)c1ccoc1)c1cccc(Cl)c1F. The Kier molecular flexibility index (Phi) is 3.45. The average molecular weight is 264 g/mol. The molecule has 5 heteroatoms. The van der Waals surface area contributed by atoms with Crippen LogP contribution in [0.1, 0.15) is 21.8 Å². The van der Waals surface area contributed by atoms with Crippen molar-refractivity contribution >= 4 is 17.4 Å². The summed E-state index contributed by atoms with van der Waals surface area (Å²) in [7, 11) is 0. The van der Waals surface area contributed by atoms with Crippen molar-refractivity contribution in [3.8, 4) is 6.07 Å². The van der Waals surface area contributed by atoms with Gasteiger partial charge in [-0.2, -0.15) is 5.26 Å². The molecular formula is C13H7ClFNO2. The lowest BCUT2D eigenvalue weighted by molar-refractivity contribution is 0.0977. The maximum atomic E-state index is 13.8. The van der Waals surface area contributed by atoms with Gasteiger partial charge in [0.1, 0.15) is 18.0 Å². The van der Waals surface area contributed by atoms with Crippen molar-refractivity contribution in [3.63, 3.8) is 0 Å². The van der Waals surface area contributed by atoms with Crippen LogP contribution in [0.3, 0.4) is 0 Å². The first-order chi connectivity index (χ1) is 8.65. The van der Waals surface area contributed by atoms with Crippen LogP contribution in [0.4, 0.5) is 4.39 Å². The van der Waals surface area contributed by atoms with E-state index in [0.717, 1.165) is 0 Å². The summed E-state index contributed by atoms with van der Waals surface area (Å²) in [5.41, 5.74) is 0.192. The molecule has 1 aromatic heterocycles. The minimum atomic E-state index is -1.23. The second kappa shape index (κ2) is 5.03. The van der Waals surface area contributed by atoms with E-state index in [4.69, 9.17) is 21.3 Å². The number of nitrogens with zero attached hydrogens (tertiary/aromatic N) is 1. The molecule has 0 aliphatic rings. The Morgan fingerprint density at radius 3 is 2.83 bits per heavy atom. The summed E-state index contributed by atoms with van der Waals surface area (Å²) in [6, 6.07) is 7.43. The van der Waals surface area contributed by atoms with Gasteiger partial charge in [-0.05, 0) is 12.1 Å². The van der Waals surface area contributed by atoms with Crippen LogP contribution in [0.25, 0.3) is 0 Å². The number of ketones is 1. The molecule has 0 saturated heterocycles. The molecule has 0 aliphatic carbocycles. The van der Waals surface area contributed by atoms with Crippen molar-refractivity contribution in [2.45, 2.75) is 5.92 Å². The largest absolute Gasteiger partial charge is 0.472 e. The van der Waals surface area contributed by atoms with E-state index in [-0.39, 0.29) is 16.1 Å². The third-order valence-corrected chi connectivity index (χ3v) is 2.78. The van der Waals surface area contributed by atoms with E-state index in [0.29, 0.717) is 0 Å². The van der Waals surface area contributed by atoms with Gasteiger partial charge in [0.2, 0.25) is 0 Å². The molecular weight excluding hydrogens is 257 g/mol. The number of carbonyl (C=O) groups is 1. The molecule has 0 radical (unpaired) electrons. The van der Waals surface area contributed by atoms with Gasteiger partial charge < -0.3 is 4.42 Å². The zero-order valence-corrected chi connectivity index (χ0v) is 9.82. The average Bonchev–Trinajstić information content (AvgIpc) is 2.89. The first-order valence-corrected chi connectivity index (χ1v) is 5.43. The molecule has 0 spiro atoms. The molecule has 90 valence electrons. The normalized spacial score (nSPS) is 11.8. The third-order valence-electron chi connectivity index (χ3n) is 2.49. The molecule has 18 heavy (non-hydrogen) atoms. The molecule has 0 amide bonds. The highest BCUT2D eigenvalue weighted by molar-refractivity contribution is 6.30. The van der Waals surface area contributed by atoms with Crippen LogP contribution in [0.15, 0.2) is 41.2 Å². The van der Waals surface area contributed by atoms with Crippen molar-refractivity contribution in [1.29, 1.82) is 5.26 Å². The van der Waals surface area contributed by atoms with Crippen molar-refractivity contribution < 1.29 is 13.6 Å². The topological polar surface area (TPSA) is 54.0 Å². The Morgan fingerprint density at radius 2 is 2.22 bits per heavy atom. The van der Waals surface area contributed by atoms with E-state index in [1.54, 1.807) is 6.07 Å². The zero-order valence-electron chi connectivity index (χ0n) is 9.06.